The molecule has 5 nitrogen and oxygen atoms in total. The second-order valence-corrected chi connectivity index (χ2v) is 3.92. The smallest absolute Gasteiger partial charge is 0.161 e. The average molecular weight is 239 g/mol. The summed E-state index contributed by atoms with van der Waals surface area (Å²) in [4.78, 5) is 0. The molecule has 1 aromatic rings. The molecule has 94 valence electrons. The zero-order valence-corrected chi connectivity index (χ0v) is 9.56. The first-order valence-corrected chi connectivity index (χ1v) is 5.67. The van der Waals surface area contributed by atoms with Crippen LogP contribution in [0, 0.1) is 0 Å². The van der Waals surface area contributed by atoms with Gasteiger partial charge in [-0.05, 0) is 17.7 Å². The van der Waals surface area contributed by atoms with Crippen LogP contribution in [0.3, 0.4) is 0 Å². The van der Waals surface area contributed by atoms with Crippen LogP contribution in [0.4, 0.5) is 0 Å². The molecule has 1 aliphatic heterocycles. The van der Waals surface area contributed by atoms with Gasteiger partial charge < -0.3 is 25.0 Å². The maximum Gasteiger partial charge on any atom is 0.161 e. The first kappa shape index (κ1) is 12.2. The summed E-state index contributed by atoms with van der Waals surface area (Å²) in [6.07, 6.45) is 0. The van der Waals surface area contributed by atoms with Crippen molar-refractivity contribution >= 4 is 0 Å². The zero-order chi connectivity index (χ0) is 12.1. The molecule has 0 unspecified atom stereocenters. The maximum absolute atomic E-state index is 8.93. The van der Waals surface area contributed by atoms with Crippen LogP contribution in [-0.4, -0.2) is 42.7 Å². The van der Waals surface area contributed by atoms with Gasteiger partial charge >= 0.3 is 0 Å². The summed E-state index contributed by atoms with van der Waals surface area (Å²) in [5.41, 5.74) is 1.03. The molecule has 5 heteroatoms. The summed E-state index contributed by atoms with van der Waals surface area (Å²) in [7, 11) is 0. The van der Waals surface area contributed by atoms with Crippen molar-refractivity contribution in [3.63, 3.8) is 0 Å². The first-order chi connectivity index (χ1) is 8.33. The highest BCUT2D eigenvalue weighted by atomic mass is 16.6. The second-order valence-electron chi connectivity index (χ2n) is 3.92. The van der Waals surface area contributed by atoms with Gasteiger partial charge in [-0.2, -0.15) is 0 Å². The molecule has 0 atom stereocenters. The summed E-state index contributed by atoms with van der Waals surface area (Å²) in [5, 5.41) is 20.9. The Balaban J connectivity index is 1.97. The lowest BCUT2D eigenvalue weighted by atomic mass is 10.2. The molecular weight excluding hydrogens is 222 g/mol. The Morgan fingerprint density at radius 1 is 1.12 bits per heavy atom. The highest BCUT2D eigenvalue weighted by Gasteiger charge is 2.12. The van der Waals surface area contributed by atoms with Crippen molar-refractivity contribution in [1.82, 2.24) is 5.32 Å². The molecule has 1 aliphatic rings. The highest BCUT2D eigenvalue weighted by Crippen LogP contribution is 2.30. The van der Waals surface area contributed by atoms with Gasteiger partial charge in [-0.1, -0.05) is 6.07 Å². The van der Waals surface area contributed by atoms with Gasteiger partial charge in [0.2, 0.25) is 0 Å². The molecule has 0 amide bonds. The number of ether oxygens (including phenoxy) is 2. The quantitative estimate of drug-likeness (QED) is 0.669. The molecule has 1 heterocycles. The SMILES string of the molecule is OCC(CO)NCc1ccc2c(c1)OCCO2. The summed E-state index contributed by atoms with van der Waals surface area (Å²) >= 11 is 0. The van der Waals surface area contributed by atoms with E-state index in [0.29, 0.717) is 19.8 Å². The Hall–Kier alpha value is -1.30. The van der Waals surface area contributed by atoms with Crippen molar-refractivity contribution in [3.05, 3.63) is 23.8 Å². The number of aliphatic hydroxyl groups is 2. The topological polar surface area (TPSA) is 71.0 Å². The minimum absolute atomic E-state index is 0.0823. The van der Waals surface area contributed by atoms with Gasteiger partial charge in [0.15, 0.2) is 11.5 Å². The average Bonchev–Trinajstić information content (AvgIpc) is 2.40. The standard InChI is InChI=1S/C12H17NO4/c14-7-10(8-15)13-6-9-1-2-11-12(5-9)17-4-3-16-11/h1-2,5,10,13-15H,3-4,6-8H2. The van der Waals surface area contributed by atoms with Gasteiger partial charge in [0, 0.05) is 6.54 Å². The van der Waals surface area contributed by atoms with Crippen LogP contribution < -0.4 is 14.8 Å². The fourth-order valence-electron chi connectivity index (χ4n) is 1.65. The molecule has 0 radical (unpaired) electrons. The van der Waals surface area contributed by atoms with Gasteiger partial charge in [-0.15, -0.1) is 0 Å². The molecule has 2 rings (SSSR count). The van der Waals surface area contributed by atoms with E-state index in [1.54, 1.807) is 0 Å². The molecule has 1 aromatic carbocycles. The summed E-state index contributed by atoms with van der Waals surface area (Å²) in [6, 6.07) is 5.43. The molecule has 0 spiro atoms. The fourth-order valence-corrected chi connectivity index (χ4v) is 1.65. The van der Waals surface area contributed by atoms with Crippen LogP contribution in [0.25, 0.3) is 0 Å². The van der Waals surface area contributed by atoms with E-state index in [-0.39, 0.29) is 19.3 Å². The van der Waals surface area contributed by atoms with E-state index in [2.05, 4.69) is 5.32 Å². The van der Waals surface area contributed by atoms with Crippen LogP contribution in [0.5, 0.6) is 11.5 Å². The lowest BCUT2D eigenvalue weighted by Crippen LogP contribution is -2.35. The predicted molar refractivity (Wildman–Crippen MR) is 62.2 cm³/mol. The van der Waals surface area contributed by atoms with E-state index >= 15 is 0 Å². The normalized spacial score (nSPS) is 14.1. The van der Waals surface area contributed by atoms with E-state index in [1.165, 1.54) is 0 Å². The van der Waals surface area contributed by atoms with Gasteiger partial charge in [-0.3, -0.25) is 0 Å². The van der Waals surface area contributed by atoms with Crippen molar-refractivity contribution in [2.75, 3.05) is 26.4 Å². The number of rotatable bonds is 5. The van der Waals surface area contributed by atoms with Gasteiger partial charge in [0.25, 0.3) is 0 Å². The summed E-state index contributed by atoms with van der Waals surface area (Å²) in [6.45, 7) is 1.56. The van der Waals surface area contributed by atoms with Crippen LogP contribution in [0.2, 0.25) is 0 Å². The van der Waals surface area contributed by atoms with Crippen molar-refractivity contribution in [2.24, 2.45) is 0 Å². The summed E-state index contributed by atoms with van der Waals surface area (Å²) in [5.74, 6) is 1.51. The molecule has 0 saturated carbocycles. The van der Waals surface area contributed by atoms with E-state index in [9.17, 15) is 0 Å². The maximum atomic E-state index is 8.93. The number of hydrogen-bond acceptors (Lipinski definition) is 5. The third-order valence-corrected chi connectivity index (χ3v) is 2.64. The Bertz CT molecular complexity index is 366. The van der Waals surface area contributed by atoms with Crippen molar-refractivity contribution in [2.45, 2.75) is 12.6 Å². The van der Waals surface area contributed by atoms with Crippen LogP contribution in [0.1, 0.15) is 5.56 Å². The lowest BCUT2D eigenvalue weighted by molar-refractivity contribution is 0.168. The van der Waals surface area contributed by atoms with Crippen molar-refractivity contribution in [1.29, 1.82) is 0 Å². The van der Waals surface area contributed by atoms with Gasteiger partial charge in [-0.25, -0.2) is 0 Å². The monoisotopic (exact) mass is 239 g/mol. The molecule has 0 saturated heterocycles. The van der Waals surface area contributed by atoms with E-state index in [1.807, 2.05) is 18.2 Å². The number of benzene rings is 1. The minimum atomic E-state index is -0.289. The van der Waals surface area contributed by atoms with Crippen molar-refractivity contribution < 1.29 is 19.7 Å². The van der Waals surface area contributed by atoms with E-state index < -0.39 is 0 Å². The molecular formula is C12H17NO4. The molecule has 0 aliphatic carbocycles. The lowest BCUT2D eigenvalue weighted by Gasteiger charge is -2.19. The zero-order valence-electron chi connectivity index (χ0n) is 9.56. The number of nitrogens with one attached hydrogen (secondary N) is 1. The third kappa shape index (κ3) is 3.09. The van der Waals surface area contributed by atoms with Crippen LogP contribution in [-0.2, 0) is 6.54 Å². The highest BCUT2D eigenvalue weighted by molar-refractivity contribution is 5.43. The third-order valence-electron chi connectivity index (χ3n) is 2.64. The first-order valence-electron chi connectivity index (χ1n) is 5.67. The Morgan fingerprint density at radius 3 is 2.53 bits per heavy atom. The van der Waals surface area contributed by atoms with Gasteiger partial charge in [0.1, 0.15) is 13.2 Å². The number of hydrogen-bond donors (Lipinski definition) is 3. The Kier molecular flexibility index (Phi) is 4.19. The number of fused-ring (bicyclic) bond motifs is 1. The summed E-state index contributed by atoms with van der Waals surface area (Å²) < 4.78 is 10.9. The van der Waals surface area contributed by atoms with Gasteiger partial charge in [0.05, 0.1) is 19.3 Å². The Morgan fingerprint density at radius 2 is 1.82 bits per heavy atom. The minimum Gasteiger partial charge on any atom is -0.486 e. The molecule has 0 aromatic heterocycles. The molecule has 0 fully saturated rings. The Labute approximate surface area is 100.0 Å². The van der Waals surface area contributed by atoms with Crippen LogP contribution >= 0.6 is 0 Å². The van der Waals surface area contributed by atoms with E-state index in [4.69, 9.17) is 19.7 Å². The second kappa shape index (κ2) is 5.86. The van der Waals surface area contributed by atoms with E-state index in [0.717, 1.165) is 17.1 Å². The number of aliphatic hydroxyl groups excluding tert-OH is 2. The largest absolute Gasteiger partial charge is 0.486 e. The fraction of sp³-hybridized carbons (Fsp3) is 0.500. The predicted octanol–water partition coefficient (Wildman–Crippen LogP) is -0.0994. The molecule has 0 bridgehead atoms. The molecule has 3 N–H and O–H groups in total. The van der Waals surface area contributed by atoms with Crippen LogP contribution in [0.15, 0.2) is 18.2 Å². The molecule has 17 heavy (non-hydrogen) atoms. The van der Waals surface area contributed by atoms with Crippen molar-refractivity contribution in [3.8, 4) is 11.5 Å².